The standard InChI is InChI=1S/C19H16ClF2N5/c20-14-6-16(22)15(21)5-12(14)13-8-27(9-17(13)23)19-7-18(25-10-26-19)11-1-3-24-4-2-11/h1-7,10,13,17H,8-9,23H2/t13-,17+/m1/s1. The van der Waals surface area contributed by atoms with Gasteiger partial charge in [0.25, 0.3) is 0 Å². The maximum Gasteiger partial charge on any atom is 0.160 e. The molecule has 0 amide bonds. The maximum absolute atomic E-state index is 13.7. The summed E-state index contributed by atoms with van der Waals surface area (Å²) in [5.41, 5.74) is 8.48. The van der Waals surface area contributed by atoms with E-state index in [2.05, 4.69) is 15.0 Å². The fraction of sp³-hybridized carbons (Fsp3) is 0.211. The van der Waals surface area contributed by atoms with E-state index in [0.717, 1.165) is 23.4 Å². The van der Waals surface area contributed by atoms with Gasteiger partial charge in [0.2, 0.25) is 0 Å². The molecule has 0 spiro atoms. The van der Waals surface area contributed by atoms with Crippen molar-refractivity contribution in [2.45, 2.75) is 12.0 Å². The van der Waals surface area contributed by atoms with Crippen molar-refractivity contribution in [2.24, 2.45) is 5.73 Å². The van der Waals surface area contributed by atoms with Gasteiger partial charge in [0.1, 0.15) is 12.1 Å². The minimum absolute atomic E-state index is 0.177. The van der Waals surface area contributed by atoms with Crippen LogP contribution in [-0.4, -0.2) is 34.1 Å². The summed E-state index contributed by atoms with van der Waals surface area (Å²) in [4.78, 5) is 14.6. The van der Waals surface area contributed by atoms with Crippen LogP contribution in [0, 0.1) is 11.6 Å². The van der Waals surface area contributed by atoms with Gasteiger partial charge in [0.15, 0.2) is 11.6 Å². The molecule has 138 valence electrons. The van der Waals surface area contributed by atoms with Gasteiger partial charge >= 0.3 is 0 Å². The number of rotatable bonds is 3. The smallest absolute Gasteiger partial charge is 0.160 e. The van der Waals surface area contributed by atoms with Crippen LogP contribution in [-0.2, 0) is 0 Å². The van der Waals surface area contributed by atoms with Crippen LogP contribution in [0.1, 0.15) is 11.5 Å². The number of nitrogens with zero attached hydrogens (tertiary/aromatic N) is 4. The van der Waals surface area contributed by atoms with Crippen LogP contribution in [0.3, 0.4) is 0 Å². The van der Waals surface area contributed by atoms with E-state index in [4.69, 9.17) is 17.3 Å². The van der Waals surface area contributed by atoms with Crippen LogP contribution in [0.15, 0.2) is 49.1 Å². The van der Waals surface area contributed by atoms with Crippen LogP contribution < -0.4 is 10.6 Å². The molecule has 0 unspecified atom stereocenters. The summed E-state index contributed by atoms with van der Waals surface area (Å²) in [7, 11) is 0. The lowest BCUT2D eigenvalue weighted by molar-refractivity contribution is 0.504. The van der Waals surface area contributed by atoms with E-state index in [9.17, 15) is 8.78 Å². The molecule has 1 aromatic carbocycles. The molecule has 0 aliphatic carbocycles. The van der Waals surface area contributed by atoms with E-state index in [1.807, 2.05) is 23.1 Å². The highest BCUT2D eigenvalue weighted by Gasteiger charge is 2.34. The highest BCUT2D eigenvalue weighted by Crippen LogP contribution is 2.35. The first-order valence-corrected chi connectivity index (χ1v) is 8.78. The van der Waals surface area contributed by atoms with Gasteiger partial charge in [-0.05, 0) is 29.8 Å². The van der Waals surface area contributed by atoms with E-state index < -0.39 is 11.6 Å². The molecular weight excluding hydrogens is 372 g/mol. The van der Waals surface area contributed by atoms with Gasteiger partial charge in [-0.2, -0.15) is 0 Å². The molecule has 2 aromatic heterocycles. The molecule has 3 aromatic rings. The Hall–Kier alpha value is -2.64. The SMILES string of the molecule is N[C@H]1CN(c2cc(-c3ccncc3)ncn2)C[C@@H]1c1cc(F)c(F)cc1Cl. The first-order valence-electron chi connectivity index (χ1n) is 8.40. The summed E-state index contributed by atoms with van der Waals surface area (Å²) in [6, 6.07) is 7.45. The van der Waals surface area contributed by atoms with Crippen molar-refractivity contribution in [3.05, 3.63) is 71.3 Å². The van der Waals surface area contributed by atoms with Crippen LogP contribution in [0.2, 0.25) is 5.02 Å². The zero-order valence-electron chi connectivity index (χ0n) is 14.2. The summed E-state index contributed by atoms with van der Waals surface area (Å²) in [5.74, 6) is -1.41. The van der Waals surface area contributed by atoms with Crippen LogP contribution in [0.25, 0.3) is 11.3 Å². The largest absolute Gasteiger partial charge is 0.354 e. The Bertz CT molecular complexity index is 970. The molecule has 3 heterocycles. The Balaban J connectivity index is 1.62. The maximum atomic E-state index is 13.7. The highest BCUT2D eigenvalue weighted by molar-refractivity contribution is 6.31. The predicted octanol–water partition coefficient (Wildman–Crippen LogP) is 3.40. The lowest BCUT2D eigenvalue weighted by Crippen LogP contribution is -2.29. The molecule has 0 bridgehead atoms. The molecule has 1 saturated heterocycles. The molecule has 4 rings (SSSR count). The van der Waals surface area contributed by atoms with Gasteiger partial charge in [-0.25, -0.2) is 18.7 Å². The third-order valence-electron chi connectivity index (χ3n) is 4.76. The van der Waals surface area contributed by atoms with Gasteiger partial charge in [-0.3, -0.25) is 4.98 Å². The molecule has 2 atom stereocenters. The summed E-state index contributed by atoms with van der Waals surface area (Å²) < 4.78 is 27.1. The van der Waals surface area contributed by atoms with Crippen LogP contribution in [0.4, 0.5) is 14.6 Å². The quantitative estimate of drug-likeness (QED) is 0.697. The zero-order valence-corrected chi connectivity index (χ0v) is 14.9. The van der Waals surface area contributed by atoms with Crippen molar-refractivity contribution in [1.29, 1.82) is 0 Å². The Labute approximate surface area is 159 Å². The minimum atomic E-state index is -0.968. The molecular formula is C19H16ClF2N5. The van der Waals surface area contributed by atoms with Crippen molar-refractivity contribution >= 4 is 17.4 Å². The highest BCUT2D eigenvalue weighted by atomic mass is 35.5. The number of pyridine rings is 1. The second-order valence-corrected chi connectivity index (χ2v) is 6.87. The number of nitrogens with two attached hydrogens (primary N) is 1. The zero-order chi connectivity index (χ0) is 19.0. The van der Waals surface area contributed by atoms with E-state index in [0.29, 0.717) is 24.5 Å². The third-order valence-corrected chi connectivity index (χ3v) is 5.08. The monoisotopic (exact) mass is 387 g/mol. The van der Waals surface area contributed by atoms with E-state index in [1.165, 1.54) is 6.33 Å². The first-order chi connectivity index (χ1) is 13.0. The first kappa shape index (κ1) is 17.8. The molecule has 1 aliphatic rings. The topological polar surface area (TPSA) is 67.9 Å². The van der Waals surface area contributed by atoms with Crippen molar-refractivity contribution in [3.63, 3.8) is 0 Å². The summed E-state index contributed by atoms with van der Waals surface area (Å²) >= 11 is 6.13. The second-order valence-electron chi connectivity index (χ2n) is 6.46. The van der Waals surface area contributed by atoms with Crippen LogP contribution in [0.5, 0.6) is 0 Å². The summed E-state index contributed by atoms with van der Waals surface area (Å²) in [6.07, 6.45) is 4.89. The van der Waals surface area contributed by atoms with Crippen molar-refractivity contribution in [2.75, 3.05) is 18.0 Å². The fourth-order valence-electron chi connectivity index (χ4n) is 3.37. The van der Waals surface area contributed by atoms with Crippen molar-refractivity contribution in [3.8, 4) is 11.3 Å². The van der Waals surface area contributed by atoms with Crippen molar-refractivity contribution < 1.29 is 8.78 Å². The van der Waals surface area contributed by atoms with Gasteiger partial charge in [0.05, 0.1) is 5.69 Å². The summed E-state index contributed by atoms with van der Waals surface area (Å²) in [5, 5.41) is 0.177. The number of anilines is 1. The summed E-state index contributed by atoms with van der Waals surface area (Å²) in [6.45, 7) is 1.02. The molecule has 27 heavy (non-hydrogen) atoms. The van der Waals surface area contributed by atoms with E-state index in [-0.39, 0.29) is 17.0 Å². The number of hydrogen-bond donors (Lipinski definition) is 1. The molecule has 5 nitrogen and oxygen atoms in total. The number of benzene rings is 1. The number of aromatic nitrogens is 3. The minimum Gasteiger partial charge on any atom is -0.354 e. The average Bonchev–Trinajstić information content (AvgIpc) is 3.07. The Morgan fingerprint density at radius 1 is 1.04 bits per heavy atom. The number of halogens is 3. The molecule has 0 radical (unpaired) electrons. The van der Waals surface area contributed by atoms with Gasteiger partial charge < -0.3 is 10.6 Å². The van der Waals surface area contributed by atoms with Gasteiger partial charge in [-0.15, -0.1) is 0 Å². The van der Waals surface area contributed by atoms with Gasteiger partial charge in [-0.1, -0.05) is 11.6 Å². The van der Waals surface area contributed by atoms with E-state index in [1.54, 1.807) is 12.4 Å². The Morgan fingerprint density at radius 2 is 1.78 bits per heavy atom. The van der Waals surface area contributed by atoms with Gasteiger partial charge in [0, 0.05) is 54.1 Å². The molecule has 0 saturated carbocycles. The molecule has 8 heteroatoms. The Kier molecular flexibility index (Phi) is 4.72. The Morgan fingerprint density at radius 3 is 2.56 bits per heavy atom. The normalized spacial score (nSPS) is 19.5. The molecule has 1 fully saturated rings. The van der Waals surface area contributed by atoms with E-state index >= 15 is 0 Å². The fourth-order valence-corrected chi connectivity index (χ4v) is 3.66. The third kappa shape index (κ3) is 3.48. The van der Waals surface area contributed by atoms with Crippen molar-refractivity contribution in [1.82, 2.24) is 15.0 Å². The lowest BCUT2D eigenvalue weighted by Gasteiger charge is -2.18. The second kappa shape index (κ2) is 7.17. The predicted molar refractivity (Wildman–Crippen MR) is 99.6 cm³/mol. The lowest BCUT2D eigenvalue weighted by atomic mass is 9.94. The molecule has 2 N–H and O–H groups in total. The van der Waals surface area contributed by atoms with Crippen LogP contribution >= 0.6 is 11.6 Å². The molecule has 1 aliphatic heterocycles. The number of hydrogen-bond acceptors (Lipinski definition) is 5. The average molecular weight is 388 g/mol.